The van der Waals surface area contributed by atoms with Crippen molar-refractivity contribution in [3.63, 3.8) is 0 Å². The number of carbonyl (C=O) groups excluding carboxylic acids is 3. The number of aromatic nitrogens is 2. The van der Waals surface area contributed by atoms with Crippen LogP contribution in [-0.4, -0.2) is 76.1 Å². The van der Waals surface area contributed by atoms with Crippen molar-refractivity contribution >= 4 is 28.6 Å². The molecule has 10 heteroatoms. The van der Waals surface area contributed by atoms with Gasteiger partial charge in [-0.3, -0.25) is 19.5 Å². The van der Waals surface area contributed by atoms with Crippen molar-refractivity contribution < 1.29 is 19.5 Å². The zero-order chi connectivity index (χ0) is 25.2. The Labute approximate surface area is 208 Å². The minimum absolute atomic E-state index is 0.120. The van der Waals surface area contributed by atoms with Gasteiger partial charge in [-0.25, -0.2) is 0 Å². The lowest BCUT2D eigenvalue weighted by atomic mass is 10.1. The summed E-state index contributed by atoms with van der Waals surface area (Å²) in [6.07, 6.45) is 3.04. The number of hydrogen-bond acceptors (Lipinski definition) is 6. The number of phenols is 1. The number of rotatable bonds is 6. The van der Waals surface area contributed by atoms with Crippen LogP contribution in [0.15, 0.2) is 30.3 Å². The van der Waals surface area contributed by atoms with E-state index in [1.165, 1.54) is 6.07 Å². The van der Waals surface area contributed by atoms with Gasteiger partial charge in [-0.2, -0.15) is 5.10 Å². The number of piperidine rings is 1. The Balaban J connectivity index is 1.36. The number of hydrogen-bond donors (Lipinski definition) is 4. The summed E-state index contributed by atoms with van der Waals surface area (Å²) in [5.41, 5.74) is 3.29. The Kier molecular flexibility index (Phi) is 6.60. The second-order valence-electron chi connectivity index (χ2n) is 9.34. The first-order chi connectivity index (χ1) is 17.5. The quantitative estimate of drug-likeness (QED) is 0.391. The highest BCUT2D eigenvalue weighted by atomic mass is 16.3. The van der Waals surface area contributed by atoms with Crippen molar-refractivity contribution in [1.82, 2.24) is 30.6 Å². The predicted octanol–water partition coefficient (Wildman–Crippen LogP) is 2.00. The highest BCUT2D eigenvalue weighted by molar-refractivity contribution is 6.08. The molecule has 36 heavy (non-hydrogen) atoms. The van der Waals surface area contributed by atoms with Gasteiger partial charge in [0.1, 0.15) is 5.75 Å². The van der Waals surface area contributed by atoms with Gasteiger partial charge < -0.3 is 25.5 Å². The Bertz CT molecular complexity index is 1330. The number of aromatic amines is 1. The van der Waals surface area contributed by atoms with Crippen LogP contribution in [0.4, 0.5) is 0 Å². The molecule has 0 radical (unpaired) electrons. The molecule has 10 nitrogen and oxygen atoms in total. The third-order valence-electron chi connectivity index (χ3n) is 6.89. The Hall–Kier alpha value is -3.92. The molecule has 4 N–H and O–H groups in total. The van der Waals surface area contributed by atoms with Crippen molar-refractivity contribution in [1.29, 1.82) is 0 Å². The molecule has 1 aromatic heterocycles. The number of phenolic OH excluding ortho intramolecular Hbond substituents is 1. The molecule has 0 spiro atoms. The van der Waals surface area contributed by atoms with Gasteiger partial charge in [0.2, 0.25) is 0 Å². The number of likely N-dealkylation sites (N-methyl/N-ethyl adjacent to an activating group) is 1. The number of nitrogens with one attached hydrogen (secondary N) is 3. The number of fused-ring (bicyclic) bond motifs is 2. The van der Waals surface area contributed by atoms with Crippen LogP contribution in [0, 0.1) is 0 Å². The molecule has 2 aliphatic rings. The summed E-state index contributed by atoms with van der Waals surface area (Å²) < 4.78 is 0. The molecule has 2 aromatic carbocycles. The van der Waals surface area contributed by atoms with E-state index in [-0.39, 0.29) is 34.7 Å². The first-order valence-electron chi connectivity index (χ1n) is 12.3. The summed E-state index contributed by atoms with van der Waals surface area (Å²) in [5.74, 6) is -0.845. The number of aromatic hydroxyl groups is 1. The van der Waals surface area contributed by atoms with Crippen LogP contribution in [0.3, 0.4) is 0 Å². The molecule has 3 aromatic rings. The zero-order valence-electron chi connectivity index (χ0n) is 20.3. The molecule has 0 atom stereocenters. The first-order valence-corrected chi connectivity index (χ1v) is 12.3. The molecule has 2 aliphatic heterocycles. The number of carbonyl (C=O) groups is 3. The van der Waals surface area contributed by atoms with Gasteiger partial charge in [0.15, 0.2) is 5.69 Å². The van der Waals surface area contributed by atoms with E-state index in [4.69, 9.17) is 0 Å². The van der Waals surface area contributed by atoms with Crippen LogP contribution in [0.2, 0.25) is 0 Å². The maximum absolute atomic E-state index is 13.4. The highest BCUT2D eigenvalue weighted by Gasteiger charge is 2.29. The largest absolute Gasteiger partial charge is 0.507 e. The molecule has 1 fully saturated rings. The smallest absolute Gasteiger partial charge is 0.274 e. The van der Waals surface area contributed by atoms with Gasteiger partial charge in [-0.15, -0.1) is 0 Å². The lowest BCUT2D eigenvalue weighted by Crippen LogP contribution is -2.35. The fourth-order valence-electron chi connectivity index (χ4n) is 4.89. The van der Waals surface area contributed by atoms with Crippen molar-refractivity contribution in [3.8, 4) is 5.75 Å². The van der Waals surface area contributed by atoms with E-state index < -0.39 is 0 Å². The lowest BCUT2D eigenvalue weighted by Gasteiger charge is -2.26. The molecule has 5 rings (SSSR count). The van der Waals surface area contributed by atoms with Gasteiger partial charge in [-0.05, 0) is 55.6 Å². The van der Waals surface area contributed by atoms with Crippen molar-refractivity contribution in [2.75, 3.05) is 33.2 Å². The van der Waals surface area contributed by atoms with E-state index in [0.29, 0.717) is 55.7 Å². The minimum Gasteiger partial charge on any atom is -0.507 e. The van der Waals surface area contributed by atoms with Crippen LogP contribution >= 0.6 is 0 Å². The van der Waals surface area contributed by atoms with E-state index in [0.717, 1.165) is 30.4 Å². The SMILES string of the molecule is CNCCNC(=O)c1ccc2c(c1)CN(C(=O)c1cc3c(C(=O)N4CCCCC4)n[nH]c3cc1O)C2. The minimum atomic E-state index is -0.344. The predicted molar refractivity (Wildman–Crippen MR) is 134 cm³/mol. The zero-order valence-corrected chi connectivity index (χ0v) is 20.3. The van der Waals surface area contributed by atoms with E-state index in [2.05, 4.69) is 20.8 Å². The number of amides is 3. The Morgan fingerprint density at radius 1 is 0.972 bits per heavy atom. The number of benzene rings is 2. The third kappa shape index (κ3) is 4.51. The average Bonchev–Trinajstić information content (AvgIpc) is 3.51. The molecule has 0 bridgehead atoms. The molecular weight excluding hydrogens is 460 g/mol. The van der Waals surface area contributed by atoms with Crippen molar-refractivity contribution in [2.45, 2.75) is 32.4 Å². The van der Waals surface area contributed by atoms with Crippen LogP contribution < -0.4 is 10.6 Å². The average molecular weight is 491 g/mol. The number of likely N-dealkylation sites (tertiary alicyclic amines) is 1. The van der Waals surface area contributed by atoms with Crippen LogP contribution in [0.25, 0.3) is 10.9 Å². The van der Waals surface area contributed by atoms with Crippen LogP contribution in [-0.2, 0) is 13.1 Å². The van der Waals surface area contributed by atoms with Gasteiger partial charge >= 0.3 is 0 Å². The molecule has 3 amide bonds. The summed E-state index contributed by atoms with van der Waals surface area (Å²) >= 11 is 0. The summed E-state index contributed by atoms with van der Waals surface area (Å²) in [4.78, 5) is 42.3. The normalized spacial score (nSPS) is 15.2. The molecule has 1 saturated heterocycles. The molecule has 0 aliphatic carbocycles. The second kappa shape index (κ2) is 9.98. The number of H-pyrrole nitrogens is 1. The summed E-state index contributed by atoms with van der Waals surface area (Å²) in [5, 5.41) is 24.0. The number of nitrogens with zero attached hydrogens (tertiary/aromatic N) is 3. The second-order valence-corrected chi connectivity index (χ2v) is 9.34. The maximum Gasteiger partial charge on any atom is 0.274 e. The van der Waals surface area contributed by atoms with Crippen LogP contribution in [0.1, 0.15) is 61.6 Å². The maximum atomic E-state index is 13.4. The first kappa shape index (κ1) is 23.8. The molecular formula is C26H30N6O4. The van der Waals surface area contributed by atoms with Crippen molar-refractivity contribution in [3.05, 3.63) is 58.3 Å². The standard InChI is InChI=1S/C26H30N6O4/c1-27-7-8-28-24(34)16-5-6-17-14-32(15-18(17)11-16)25(35)20-12-19-21(13-22(20)33)29-30-23(19)26(36)31-9-3-2-4-10-31/h5-6,11-13,27,33H,2-4,7-10,14-15H2,1H3,(H,28,34)(H,29,30). The summed E-state index contributed by atoms with van der Waals surface area (Å²) in [6, 6.07) is 8.43. The lowest BCUT2D eigenvalue weighted by molar-refractivity contribution is 0.0717. The Morgan fingerprint density at radius 3 is 2.53 bits per heavy atom. The van der Waals surface area contributed by atoms with Crippen LogP contribution in [0.5, 0.6) is 5.75 Å². The van der Waals surface area contributed by atoms with E-state index in [9.17, 15) is 19.5 Å². The van der Waals surface area contributed by atoms with E-state index in [1.54, 1.807) is 21.9 Å². The van der Waals surface area contributed by atoms with Gasteiger partial charge in [0, 0.05) is 56.3 Å². The molecule has 0 unspecified atom stereocenters. The Morgan fingerprint density at radius 2 is 1.75 bits per heavy atom. The van der Waals surface area contributed by atoms with Gasteiger partial charge in [-0.1, -0.05) is 6.07 Å². The molecule has 0 saturated carbocycles. The fraction of sp³-hybridized carbons (Fsp3) is 0.385. The topological polar surface area (TPSA) is 131 Å². The third-order valence-corrected chi connectivity index (χ3v) is 6.89. The molecule has 3 heterocycles. The van der Waals surface area contributed by atoms with Gasteiger partial charge in [0.25, 0.3) is 17.7 Å². The molecule has 188 valence electrons. The monoisotopic (exact) mass is 490 g/mol. The van der Waals surface area contributed by atoms with Crippen molar-refractivity contribution in [2.24, 2.45) is 0 Å². The fourth-order valence-corrected chi connectivity index (χ4v) is 4.89. The van der Waals surface area contributed by atoms with E-state index >= 15 is 0 Å². The van der Waals surface area contributed by atoms with Gasteiger partial charge in [0.05, 0.1) is 11.1 Å². The van der Waals surface area contributed by atoms with E-state index in [1.807, 2.05) is 19.2 Å². The summed E-state index contributed by atoms with van der Waals surface area (Å²) in [7, 11) is 1.82. The summed E-state index contributed by atoms with van der Waals surface area (Å²) in [6.45, 7) is 3.29. The highest BCUT2D eigenvalue weighted by Crippen LogP contribution is 2.31.